The van der Waals surface area contributed by atoms with Crippen LogP contribution in [0.2, 0.25) is 0 Å². The van der Waals surface area contributed by atoms with Crippen molar-refractivity contribution in [2.75, 3.05) is 10.2 Å². The summed E-state index contributed by atoms with van der Waals surface area (Å²) in [5, 5.41) is 12.3. The molecule has 0 aliphatic carbocycles. The van der Waals surface area contributed by atoms with E-state index in [4.69, 9.17) is 5.26 Å². The quantitative estimate of drug-likeness (QED) is 0.589. The van der Waals surface area contributed by atoms with E-state index in [1.54, 1.807) is 24.3 Å². The third kappa shape index (κ3) is 3.67. The number of hydrogen-bond acceptors (Lipinski definition) is 4. The van der Waals surface area contributed by atoms with Crippen molar-refractivity contribution in [1.82, 2.24) is 0 Å². The van der Waals surface area contributed by atoms with Crippen LogP contribution in [0.3, 0.4) is 0 Å². The van der Waals surface area contributed by atoms with Gasteiger partial charge >= 0.3 is 0 Å². The Hall–Kier alpha value is -4.17. The van der Waals surface area contributed by atoms with Crippen molar-refractivity contribution in [3.63, 3.8) is 0 Å². The molecule has 0 radical (unpaired) electrons. The molecule has 0 saturated carbocycles. The van der Waals surface area contributed by atoms with Crippen LogP contribution in [0, 0.1) is 39.0 Å². The lowest BCUT2D eigenvalue weighted by molar-refractivity contribution is -0.120. The van der Waals surface area contributed by atoms with Crippen LogP contribution in [0.25, 0.3) is 5.57 Å². The van der Waals surface area contributed by atoms with Crippen LogP contribution in [0.1, 0.15) is 33.4 Å². The van der Waals surface area contributed by atoms with E-state index >= 15 is 0 Å². The summed E-state index contributed by atoms with van der Waals surface area (Å²) in [6.45, 7) is 7.93. The average Bonchev–Trinajstić information content (AvgIpc) is 3.02. The predicted molar refractivity (Wildman–Crippen MR) is 126 cm³/mol. The van der Waals surface area contributed by atoms with Gasteiger partial charge in [0.25, 0.3) is 11.8 Å². The maximum absolute atomic E-state index is 13.6. The molecule has 0 aromatic heterocycles. The fraction of sp³-hybridized carbons (Fsp3) is 0.148. The highest BCUT2D eigenvalue weighted by Gasteiger charge is 2.40. The van der Waals surface area contributed by atoms with Crippen molar-refractivity contribution < 1.29 is 9.59 Å². The highest BCUT2D eigenvalue weighted by molar-refractivity contribution is 6.46. The number of nitrogens with one attached hydrogen (secondary N) is 1. The molecule has 0 fully saturated rings. The van der Waals surface area contributed by atoms with E-state index in [9.17, 15) is 9.59 Å². The fourth-order valence-corrected chi connectivity index (χ4v) is 3.74. The van der Waals surface area contributed by atoms with Crippen molar-refractivity contribution in [2.45, 2.75) is 27.7 Å². The largest absolute Gasteiger partial charge is 0.350 e. The molecule has 3 aromatic rings. The number of nitriles is 1. The summed E-state index contributed by atoms with van der Waals surface area (Å²) in [6.07, 6.45) is 0. The second-order valence-corrected chi connectivity index (χ2v) is 8.10. The number of benzene rings is 3. The minimum Gasteiger partial charge on any atom is -0.350 e. The van der Waals surface area contributed by atoms with Gasteiger partial charge in [-0.15, -0.1) is 0 Å². The third-order valence-corrected chi connectivity index (χ3v) is 5.79. The molecule has 158 valence electrons. The number of hydrogen-bond donors (Lipinski definition) is 1. The Morgan fingerprint density at radius 3 is 2.12 bits per heavy atom. The number of carbonyl (C=O) groups excluding carboxylic acids is 2. The lowest BCUT2D eigenvalue weighted by Crippen LogP contribution is -2.32. The lowest BCUT2D eigenvalue weighted by Gasteiger charge is -2.16. The van der Waals surface area contributed by atoms with Crippen LogP contribution >= 0.6 is 0 Å². The molecule has 4 rings (SSSR count). The molecule has 0 atom stereocenters. The van der Waals surface area contributed by atoms with Gasteiger partial charge in [-0.25, -0.2) is 4.90 Å². The van der Waals surface area contributed by atoms with Gasteiger partial charge in [-0.05, 0) is 85.8 Å². The zero-order chi connectivity index (χ0) is 23.0. The van der Waals surface area contributed by atoms with E-state index in [0.29, 0.717) is 22.4 Å². The Labute approximate surface area is 187 Å². The Bertz CT molecular complexity index is 1330. The smallest absolute Gasteiger partial charge is 0.282 e. The zero-order valence-corrected chi connectivity index (χ0v) is 18.5. The monoisotopic (exact) mass is 421 g/mol. The van der Waals surface area contributed by atoms with Crippen molar-refractivity contribution >= 4 is 28.8 Å². The number of anilines is 2. The summed E-state index contributed by atoms with van der Waals surface area (Å²) >= 11 is 0. The first-order valence-corrected chi connectivity index (χ1v) is 10.4. The summed E-state index contributed by atoms with van der Waals surface area (Å²) in [7, 11) is 0. The van der Waals surface area contributed by atoms with E-state index in [1.807, 2.05) is 64.1 Å². The SMILES string of the molecule is Cc1ccc(C)c(NC2=C(c3ccc(C)c(C)c3)C(=O)N(c3ccc(C#N)cc3)C2=O)c1. The molecule has 1 heterocycles. The molecule has 0 spiro atoms. The van der Waals surface area contributed by atoms with E-state index in [1.165, 1.54) is 4.90 Å². The molecular weight excluding hydrogens is 398 g/mol. The maximum atomic E-state index is 13.6. The van der Waals surface area contributed by atoms with Crippen LogP contribution in [-0.2, 0) is 9.59 Å². The summed E-state index contributed by atoms with van der Waals surface area (Å²) in [5.74, 6) is -0.815. The summed E-state index contributed by atoms with van der Waals surface area (Å²) in [4.78, 5) is 28.3. The van der Waals surface area contributed by atoms with Crippen LogP contribution in [0.5, 0.6) is 0 Å². The van der Waals surface area contributed by atoms with Crippen LogP contribution < -0.4 is 10.2 Å². The molecule has 5 nitrogen and oxygen atoms in total. The van der Waals surface area contributed by atoms with Crippen molar-refractivity contribution in [3.8, 4) is 6.07 Å². The van der Waals surface area contributed by atoms with E-state index in [0.717, 1.165) is 27.9 Å². The molecule has 3 aromatic carbocycles. The lowest BCUT2D eigenvalue weighted by atomic mass is 9.99. The van der Waals surface area contributed by atoms with Gasteiger partial charge in [0.2, 0.25) is 0 Å². The van der Waals surface area contributed by atoms with Gasteiger partial charge in [0.05, 0.1) is 22.9 Å². The van der Waals surface area contributed by atoms with Crippen molar-refractivity contribution in [2.24, 2.45) is 0 Å². The van der Waals surface area contributed by atoms with Gasteiger partial charge in [-0.3, -0.25) is 9.59 Å². The van der Waals surface area contributed by atoms with Gasteiger partial charge in [-0.1, -0.05) is 30.3 Å². The summed E-state index contributed by atoms with van der Waals surface area (Å²) in [6, 6.07) is 20.2. The molecule has 32 heavy (non-hydrogen) atoms. The predicted octanol–water partition coefficient (Wildman–Crippen LogP) is 5.19. The number of nitrogens with zero attached hydrogens (tertiary/aromatic N) is 2. The average molecular weight is 422 g/mol. The maximum Gasteiger partial charge on any atom is 0.282 e. The summed E-state index contributed by atoms with van der Waals surface area (Å²) < 4.78 is 0. The van der Waals surface area contributed by atoms with Gasteiger partial charge in [0, 0.05) is 5.69 Å². The fourth-order valence-electron chi connectivity index (χ4n) is 3.74. The number of carbonyl (C=O) groups is 2. The number of rotatable bonds is 4. The number of imide groups is 1. The van der Waals surface area contributed by atoms with E-state index in [-0.39, 0.29) is 5.70 Å². The van der Waals surface area contributed by atoms with Crippen molar-refractivity contribution in [3.05, 3.63) is 99.7 Å². The van der Waals surface area contributed by atoms with E-state index in [2.05, 4.69) is 11.4 Å². The standard InChI is InChI=1S/C27H23N3O2/c1-16-5-6-18(3)23(13-16)29-25-24(21-10-7-17(2)19(4)14-21)26(31)30(27(25)32)22-11-8-20(15-28)9-12-22/h5-14,29H,1-4H3. The highest BCUT2D eigenvalue weighted by Crippen LogP contribution is 2.35. The first-order chi connectivity index (χ1) is 15.3. The molecule has 2 amide bonds. The van der Waals surface area contributed by atoms with E-state index < -0.39 is 11.8 Å². The Kier molecular flexibility index (Phi) is 5.38. The molecular formula is C27H23N3O2. The highest BCUT2D eigenvalue weighted by atomic mass is 16.2. The van der Waals surface area contributed by atoms with Gasteiger partial charge in [-0.2, -0.15) is 5.26 Å². The van der Waals surface area contributed by atoms with Crippen LogP contribution in [0.15, 0.2) is 66.4 Å². The molecule has 1 aliphatic heterocycles. The molecule has 5 heteroatoms. The van der Waals surface area contributed by atoms with Gasteiger partial charge in [0.15, 0.2) is 0 Å². The zero-order valence-electron chi connectivity index (χ0n) is 18.5. The first kappa shape index (κ1) is 21.1. The van der Waals surface area contributed by atoms with Crippen LogP contribution in [-0.4, -0.2) is 11.8 Å². The molecule has 0 bridgehead atoms. The second-order valence-electron chi connectivity index (χ2n) is 8.10. The molecule has 0 unspecified atom stereocenters. The minimum absolute atomic E-state index is 0.247. The Morgan fingerprint density at radius 1 is 0.781 bits per heavy atom. The third-order valence-electron chi connectivity index (χ3n) is 5.79. The first-order valence-electron chi connectivity index (χ1n) is 10.4. The Balaban J connectivity index is 1.86. The van der Waals surface area contributed by atoms with Crippen LogP contribution in [0.4, 0.5) is 11.4 Å². The number of aryl methyl sites for hydroxylation is 4. The Morgan fingerprint density at radius 2 is 1.47 bits per heavy atom. The molecule has 1 aliphatic rings. The van der Waals surface area contributed by atoms with Crippen molar-refractivity contribution in [1.29, 1.82) is 5.26 Å². The summed E-state index contributed by atoms with van der Waals surface area (Å²) in [5.41, 5.74) is 7.12. The number of amides is 2. The second kappa shape index (κ2) is 8.16. The van der Waals surface area contributed by atoms with Gasteiger partial charge < -0.3 is 5.32 Å². The normalized spacial score (nSPS) is 13.5. The topological polar surface area (TPSA) is 73.2 Å². The molecule has 1 N–H and O–H groups in total. The molecule has 0 saturated heterocycles. The van der Waals surface area contributed by atoms with Gasteiger partial charge in [0.1, 0.15) is 5.70 Å². The minimum atomic E-state index is -0.422.